The largest absolute Gasteiger partial charge is 0.444 e. The summed E-state index contributed by atoms with van der Waals surface area (Å²) >= 11 is 0. The van der Waals surface area contributed by atoms with Gasteiger partial charge in [0.2, 0.25) is 0 Å². The minimum atomic E-state index is -1.26. The van der Waals surface area contributed by atoms with E-state index in [0.29, 0.717) is 0 Å². The predicted molar refractivity (Wildman–Crippen MR) is 83.5 cm³/mol. The van der Waals surface area contributed by atoms with Gasteiger partial charge in [-0.25, -0.2) is 4.79 Å². The average molecular weight is 361 g/mol. The molecule has 2 bridgehead atoms. The van der Waals surface area contributed by atoms with Gasteiger partial charge in [0.1, 0.15) is 17.8 Å². The number of fused-ring (bicyclic) bond motifs is 2. The predicted octanol–water partition coefficient (Wildman–Crippen LogP) is -1.19. The van der Waals surface area contributed by atoms with E-state index in [1.54, 1.807) is 20.8 Å². The maximum absolute atomic E-state index is 12.4. The lowest BCUT2D eigenvalue weighted by molar-refractivity contribution is -0.230. The van der Waals surface area contributed by atoms with E-state index < -0.39 is 60.5 Å². The first-order valence-corrected chi connectivity index (χ1v) is 8.57. The summed E-state index contributed by atoms with van der Waals surface area (Å²) in [4.78, 5) is 13.7. The van der Waals surface area contributed by atoms with E-state index >= 15 is 0 Å². The molecule has 3 saturated heterocycles. The van der Waals surface area contributed by atoms with Gasteiger partial charge >= 0.3 is 6.09 Å². The van der Waals surface area contributed by atoms with Crippen molar-refractivity contribution in [3.8, 4) is 0 Å². The van der Waals surface area contributed by atoms with Crippen LogP contribution in [0.2, 0.25) is 0 Å². The van der Waals surface area contributed by atoms with Gasteiger partial charge < -0.3 is 34.6 Å². The summed E-state index contributed by atoms with van der Waals surface area (Å²) in [5.74, 6) is -0.952. The number of amides is 1. The molecule has 3 rings (SSSR count). The van der Waals surface area contributed by atoms with Crippen LogP contribution in [0.4, 0.5) is 4.79 Å². The number of rotatable bonds is 2. The Balaban J connectivity index is 1.77. The molecule has 0 spiro atoms. The highest BCUT2D eigenvalue weighted by atomic mass is 16.7. The van der Waals surface area contributed by atoms with Crippen LogP contribution in [0.5, 0.6) is 0 Å². The maximum atomic E-state index is 12.4. The van der Waals surface area contributed by atoms with Gasteiger partial charge in [0.25, 0.3) is 0 Å². The van der Waals surface area contributed by atoms with Gasteiger partial charge in [-0.15, -0.1) is 0 Å². The van der Waals surface area contributed by atoms with Gasteiger partial charge in [0.15, 0.2) is 6.29 Å². The summed E-state index contributed by atoms with van der Waals surface area (Å²) in [5, 5.41) is 41.6. The minimum Gasteiger partial charge on any atom is -0.444 e. The lowest BCUT2D eigenvalue weighted by atomic mass is 9.82. The lowest BCUT2D eigenvalue weighted by Crippen LogP contribution is -2.59. The number of carbonyl (C=O) groups excluding carboxylic acids is 1. The van der Waals surface area contributed by atoms with E-state index in [1.807, 2.05) is 0 Å². The number of aliphatic hydroxyl groups is 4. The second-order valence-electron chi connectivity index (χ2n) is 8.01. The number of hydrogen-bond acceptors (Lipinski definition) is 8. The first-order chi connectivity index (χ1) is 11.6. The Morgan fingerprint density at radius 3 is 2.56 bits per heavy atom. The molecule has 3 aliphatic rings. The summed E-state index contributed by atoms with van der Waals surface area (Å²) in [6.07, 6.45) is -6.50. The molecule has 0 aliphatic carbocycles. The summed E-state index contributed by atoms with van der Waals surface area (Å²) in [6, 6.07) is -0.781. The molecule has 3 aliphatic heterocycles. The molecule has 144 valence electrons. The molecule has 0 aromatic carbocycles. The van der Waals surface area contributed by atoms with Crippen LogP contribution < -0.4 is 0 Å². The van der Waals surface area contributed by atoms with Crippen molar-refractivity contribution in [1.29, 1.82) is 0 Å². The molecular formula is C16H27NO8. The van der Waals surface area contributed by atoms with Gasteiger partial charge in [-0.2, -0.15) is 0 Å². The molecule has 0 unspecified atom stereocenters. The first kappa shape index (κ1) is 18.8. The Labute approximate surface area is 146 Å². The van der Waals surface area contributed by atoms with Gasteiger partial charge in [0, 0.05) is 5.92 Å². The Kier molecular flexibility index (Phi) is 5.00. The van der Waals surface area contributed by atoms with Crippen molar-refractivity contribution in [2.24, 2.45) is 5.92 Å². The highest BCUT2D eigenvalue weighted by Crippen LogP contribution is 2.37. The van der Waals surface area contributed by atoms with Gasteiger partial charge in [-0.05, 0) is 27.2 Å². The van der Waals surface area contributed by atoms with Crippen molar-refractivity contribution in [2.75, 3.05) is 13.2 Å². The second-order valence-corrected chi connectivity index (χ2v) is 8.01. The Morgan fingerprint density at radius 1 is 1.24 bits per heavy atom. The zero-order chi connectivity index (χ0) is 18.5. The van der Waals surface area contributed by atoms with Crippen molar-refractivity contribution < 1.29 is 39.4 Å². The fourth-order valence-corrected chi connectivity index (χ4v) is 3.79. The number of β-amino-alcohol motifs (C(OH)–C–C–N with tert-alkyl or cyclic N) is 1. The van der Waals surface area contributed by atoms with Gasteiger partial charge in [-0.1, -0.05) is 0 Å². The summed E-state index contributed by atoms with van der Waals surface area (Å²) in [7, 11) is 0. The SMILES string of the molecule is CC(C)(C)OC(=O)N1C[C@H](O)C[C@H]1[C@H](O)[C@H]1[C@@H](O)[C@@H]2CO[C@H](O2)[C@@H]1O. The molecule has 3 heterocycles. The highest BCUT2D eigenvalue weighted by Gasteiger charge is 2.55. The molecule has 3 fully saturated rings. The molecular weight excluding hydrogens is 334 g/mol. The normalized spacial score (nSPS) is 42.5. The van der Waals surface area contributed by atoms with E-state index in [0.717, 1.165) is 0 Å². The zero-order valence-corrected chi connectivity index (χ0v) is 14.6. The topological polar surface area (TPSA) is 129 Å². The molecule has 8 atom stereocenters. The van der Waals surface area contributed by atoms with Crippen LogP contribution in [0, 0.1) is 5.92 Å². The van der Waals surface area contributed by atoms with Crippen LogP contribution in [0.1, 0.15) is 27.2 Å². The zero-order valence-electron chi connectivity index (χ0n) is 14.6. The second kappa shape index (κ2) is 6.64. The van der Waals surface area contributed by atoms with Crippen LogP contribution in [-0.4, -0.2) is 93.0 Å². The lowest BCUT2D eigenvalue weighted by Gasteiger charge is -2.41. The number of nitrogens with zero attached hydrogens (tertiary/aromatic N) is 1. The number of aliphatic hydroxyl groups excluding tert-OH is 4. The number of carbonyl (C=O) groups is 1. The quantitative estimate of drug-likeness (QED) is 0.483. The van der Waals surface area contributed by atoms with E-state index in [2.05, 4.69) is 0 Å². The van der Waals surface area contributed by atoms with E-state index in [-0.39, 0.29) is 19.6 Å². The smallest absolute Gasteiger partial charge is 0.410 e. The van der Waals surface area contributed by atoms with Crippen molar-refractivity contribution in [3.63, 3.8) is 0 Å². The van der Waals surface area contributed by atoms with Gasteiger partial charge in [0.05, 0.1) is 37.5 Å². The van der Waals surface area contributed by atoms with E-state index in [1.165, 1.54) is 4.90 Å². The monoisotopic (exact) mass is 361 g/mol. The molecule has 1 amide bonds. The molecule has 9 heteroatoms. The number of ether oxygens (including phenoxy) is 3. The summed E-state index contributed by atoms with van der Waals surface area (Å²) < 4.78 is 15.9. The third-order valence-corrected chi connectivity index (χ3v) is 4.92. The third-order valence-electron chi connectivity index (χ3n) is 4.92. The fourth-order valence-electron chi connectivity index (χ4n) is 3.79. The van der Waals surface area contributed by atoms with Crippen LogP contribution in [-0.2, 0) is 14.2 Å². The first-order valence-electron chi connectivity index (χ1n) is 8.57. The Morgan fingerprint density at radius 2 is 1.92 bits per heavy atom. The molecule has 0 aromatic heterocycles. The molecule has 9 nitrogen and oxygen atoms in total. The molecule has 4 N–H and O–H groups in total. The van der Waals surface area contributed by atoms with Crippen LogP contribution >= 0.6 is 0 Å². The molecule has 0 aromatic rings. The maximum Gasteiger partial charge on any atom is 0.410 e. The Hall–Kier alpha value is -0.970. The van der Waals surface area contributed by atoms with Crippen molar-refractivity contribution in [2.45, 2.75) is 75.6 Å². The van der Waals surface area contributed by atoms with E-state index in [9.17, 15) is 25.2 Å². The van der Waals surface area contributed by atoms with Crippen molar-refractivity contribution >= 4 is 6.09 Å². The Bertz CT molecular complexity index is 493. The van der Waals surface area contributed by atoms with E-state index in [4.69, 9.17) is 14.2 Å². The van der Waals surface area contributed by atoms with Gasteiger partial charge in [-0.3, -0.25) is 4.90 Å². The fraction of sp³-hybridized carbons (Fsp3) is 0.938. The highest BCUT2D eigenvalue weighted by molar-refractivity contribution is 5.69. The summed E-state index contributed by atoms with van der Waals surface area (Å²) in [5.41, 5.74) is -0.717. The average Bonchev–Trinajstić information content (AvgIpc) is 3.09. The number of likely N-dealkylation sites (tertiary alicyclic amines) is 1. The van der Waals surface area contributed by atoms with Crippen LogP contribution in [0.3, 0.4) is 0 Å². The van der Waals surface area contributed by atoms with Crippen molar-refractivity contribution in [1.82, 2.24) is 4.90 Å². The summed E-state index contributed by atoms with van der Waals surface area (Å²) in [6.45, 7) is 5.34. The van der Waals surface area contributed by atoms with Crippen LogP contribution in [0.25, 0.3) is 0 Å². The molecule has 0 radical (unpaired) electrons. The van der Waals surface area contributed by atoms with Crippen molar-refractivity contribution in [3.05, 3.63) is 0 Å². The number of hydrogen-bond donors (Lipinski definition) is 4. The minimum absolute atomic E-state index is 0.0232. The van der Waals surface area contributed by atoms with Crippen LogP contribution in [0.15, 0.2) is 0 Å². The molecule has 25 heavy (non-hydrogen) atoms. The third kappa shape index (κ3) is 3.62. The standard InChI is InChI=1S/C16H27NO8/c1-16(2,3)25-15(22)17-5-7(18)4-8(17)11(19)10-12(20)9-6-23-14(24-9)13(10)21/h7-14,18-21H,4-6H2,1-3H3/t7-,8+,9+,10+,11+,12+,13-,14-/m1/s1. The molecule has 0 saturated carbocycles.